The molecule has 0 aromatic heterocycles. The Morgan fingerprint density at radius 1 is 1.59 bits per heavy atom. The highest BCUT2D eigenvalue weighted by atomic mass is 35.5. The molecule has 1 aliphatic carbocycles. The molecule has 0 spiro atoms. The third-order valence-corrected chi connectivity index (χ3v) is 3.76. The minimum Gasteiger partial charge on any atom is -0.369 e. The molecule has 0 aromatic carbocycles. The Bertz CT molecular complexity index is 359. The van der Waals surface area contributed by atoms with Crippen LogP contribution in [-0.2, 0) is 4.79 Å². The zero-order valence-corrected chi connectivity index (χ0v) is 10.2. The number of alkyl halides is 1. The Kier molecular flexibility index (Phi) is 3.57. The number of carbonyl (C=O) groups is 2. The van der Waals surface area contributed by atoms with E-state index < -0.39 is 0 Å². The van der Waals surface area contributed by atoms with E-state index in [2.05, 4.69) is 5.32 Å². The van der Waals surface area contributed by atoms with E-state index in [0.29, 0.717) is 0 Å². The molecule has 1 saturated carbocycles. The van der Waals surface area contributed by atoms with Gasteiger partial charge in [-0.25, -0.2) is 4.79 Å². The maximum absolute atomic E-state index is 11.8. The number of nitrogens with zero attached hydrogens (tertiary/aromatic N) is 1. The van der Waals surface area contributed by atoms with Gasteiger partial charge in [0.05, 0.1) is 5.92 Å². The Balaban J connectivity index is 2.21. The second kappa shape index (κ2) is 4.96. The molecule has 1 aliphatic heterocycles. The fourth-order valence-electron chi connectivity index (χ4n) is 2.58. The summed E-state index contributed by atoms with van der Waals surface area (Å²) in [6.45, 7) is 0. The maximum Gasteiger partial charge on any atom is 0.322 e. The molecule has 2 aliphatic rings. The minimum absolute atomic E-state index is 0.100. The van der Waals surface area contributed by atoms with Crippen LogP contribution >= 0.6 is 11.6 Å². The van der Waals surface area contributed by atoms with Gasteiger partial charge in [0.1, 0.15) is 6.00 Å². The predicted molar refractivity (Wildman–Crippen MR) is 64.0 cm³/mol. The number of primary amides is 1. The zero-order chi connectivity index (χ0) is 12.4. The highest BCUT2D eigenvalue weighted by Gasteiger charge is 2.38. The Labute approximate surface area is 105 Å². The summed E-state index contributed by atoms with van der Waals surface area (Å²) in [5.41, 5.74) is 5.38. The molecule has 0 bridgehead atoms. The number of hydrogen-bond acceptors (Lipinski definition) is 2. The summed E-state index contributed by atoms with van der Waals surface area (Å²) in [5, 5.41) is 2.85. The molecular formula is C11H16ClN3O2. The second-order valence-electron chi connectivity index (χ2n) is 4.51. The first kappa shape index (κ1) is 12.2. The van der Waals surface area contributed by atoms with E-state index in [1.165, 1.54) is 4.90 Å². The standard InChI is InChI=1S/C11H16ClN3O2/c12-6-15-5-4-7-2-1-3-8(10(13)16)9(7)14-11(15)17/h4-5,7-9H,1-3,6H2,(H2,13,16)(H,14,17). The monoisotopic (exact) mass is 257 g/mol. The molecule has 0 radical (unpaired) electrons. The average Bonchev–Trinajstić information content (AvgIpc) is 2.46. The summed E-state index contributed by atoms with van der Waals surface area (Å²) in [4.78, 5) is 24.6. The quantitative estimate of drug-likeness (QED) is 0.572. The van der Waals surface area contributed by atoms with Gasteiger partial charge in [-0.1, -0.05) is 12.5 Å². The van der Waals surface area contributed by atoms with Crippen molar-refractivity contribution < 1.29 is 9.59 Å². The largest absolute Gasteiger partial charge is 0.369 e. The van der Waals surface area contributed by atoms with Crippen molar-refractivity contribution in [2.24, 2.45) is 17.6 Å². The van der Waals surface area contributed by atoms with Gasteiger partial charge in [-0.05, 0) is 18.8 Å². The van der Waals surface area contributed by atoms with Gasteiger partial charge in [0, 0.05) is 12.2 Å². The first-order valence-electron chi connectivity index (χ1n) is 5.74. The van der Waals surface area contributed by atoms with Gasteiger partial charge in [0.15, 0.2) is 0 Å². The first-order chi connectivity index (χ1) is 8.13. The highest BCUT2D eigenvalue weighted by Crippen LogP contribution is 2.31. The van der Waals surface area contributed by atoms with E-state index in [1.54, 1.807) is 6.20 Å². The number of amides is 3. The number of halogens is 1. The smallest absolute Gasteiger partial charge is 0.322 e. The Hall–Kier alpha value is -1.23. The number of nitrogens with two attached hydrogens (primary N) is 1. The van der Waals surface area contributed by atoms with Gasteiger partial charge in [0.25, 0.3) is 0 Å². The molecule has 5 nitrogen and oxygen atoms in total. The summed E-state index contributed by atoms with van der Waals surface area (Å²) < 4.78 is 0. The van der Waals surface area contributed by atoms with Gasteiger partial charge in [-0.2, -0.15) is 0 Å². The molecule has 3 amide bonds. The molecule has 1 heterocycles. The molecule has 3 unspecified atom stereocenters. The summed E-state index contributed by atoms with van der Waals surface area (Å²) in [6.07, 6.45) is 6.29. The fourth-order valence-corrected chi connectivity index (χ4v) is 2.76. The van der Waals surface area contributed by atoms with Crippen molar-refractivity contribution in [3.63, 3.8) is 0 Å². The Morgan fingerprint density at radius 3 is 3.00 bits per heavy atom. The van der Waals surface area contributed by atoms with Crippen molar-refractivity contribution in [3.05, 3.63) is 12.3 Å². The van der Waals surface area contributed by atoms with E-state index in [1.807, 2.05) is 6.08 Å². The van der Waals surface area contributed by atoms with Crippen LogP contribution in [0.4, 0.5) is 4.79 Å². The van der Waals surface area contributed by atoms with Crippen molar-refractivity contribution >= 4 is 23.5 Å². The van der Waals surface area contributed by atoms with Crippen molar-refractivity contribution in [3.8, 4) is 0 Å². The lowest BCUT2D eigenvalue weighted by Gasteiger charge is -2.34. The summed E-state index contributed by atoms with van der Waals surface area (Å²) in [7, 11) is 0. The van der Waals surface area contributed by atoms with Crippen LogP contribution in [0.1, 0.15) is 19.3 Å². The molecule has 6 heteroatoms. The lowest BCUT2D eigenvalue weighted by Crippen LogP contribution is -2.52. The number of hydrogen-bond donors (Lipinski definition) is 2. The van der Waals surface area contributed by atoms with Crippen LogP contribution in [0, 0.1) is 11.8 Å². The average molecular weight is 258 g/mol. The summed E-state index contributed by atoms with van der Waals surface area (Å²) in [5.74, 6) is -0.455. The molecular weight excluding hydrogens is 242 g/mol. The van der Waals surface area contributed by atoms with E-state index in [0.717, 1.165) is 19.3 Å². The highest BCUT2D eigenvalue weighted by molar-refractivity contribution is 6.18. The van der Waals surface area contributed by atoms with E-state index in [4.69, 9.17) is 17.3 Å². The van der Waals surface area contributed by atoms with Crippen molar-refractivity contribution in [2.45, 2.75) is 25.3 Å². The van der Waals surface area contributed by atoms with E-state index in [9.17, 15) is 9.59 Å². The number of nitrogens with one attached hydrogen (secondary N) is 1. The minimum atomic E-state index is -0.340. The Morgan fingerprint density at radius 2 is 2.35 bits per heavy atom. The van der Waals surface area contributed by atoms with Crippen molar-refractivity contribution in [1.29, 1.82) is 0 Å². The molecule has 0 aromatic rings. The van der Waals surface area contributed by atoms with Crippen LogP contribution in [0.3, 0.4) is 0 Å². The molecule has 2 rings (SSSR count). The normalized spacial score (nSPS) is 32.6. The van der Waals surface area contributed by atoms with Crippen molar-refractivity contribution in [1.82, 2.24) is 10.2 Å². The van der Waals surface area contributed by atoms with Gasteiger partial charge in [-0.15, -0.1) is 11.6 Å². The van der Waals surface area contributed by atoms with Crippen LogP contribution in [0.15, 0.2) is 12.3 Å². The lowest BCUT2D eigenvalue weighted by molar-refractivity contribution is -0.123. The lowest BCUT2D eigenvalue weighted by atomic mass is 9.76. The molecule has 1 fully saturated rings. The van der Waals surface area contributed by atoms with E-state index in [-0.39, 0.29) is 35.8 Å². The molecule has 3 N–H and O–H groups in total. The number of fused-ring (bicyclic) bond motifs is 1. The maximum atomic E-state index is 11.8. The van der Waals surface area contributed by atoms with Crippen molar-refractivity contribution in [2.75, 3.05) is 6.00 Å². The first-order valence-corrected chi connectivity index (χ1v) is 6.27. The van der Waals surface area contributed by atoms with Crippen LogP contribution in [-0.4, -0.2) is 28.9 Å². The number of urea groups is 1. The number of rotatable bonds is 2. The van der Waals surface area contributed by atoms with Crippen LogP contribution in [0.2, 0.25) is 0 Å². The van der Waals surface area contributed by atoms with Crippen LogP contribution < -0.4 is 11.1 Å². The molecule has 17 heavy (non-hydrogen) atoms. The third-order valence-electron chi connectivity index (χ3n) is 3.51. The van der Waals surface area contributed by atoms with Gasteiger partial charge < -0.3 is 11.1 Å². The van der Waals surface area contributed by atoms with Gasteiger partial charge >= 0.3 is 6.03 Å². The van der Waals surface area contributed by atoms with E-state index >= 15 is 0 Å². The second-order valence-corrected chi connectivity index (χ2v) is 4.75. The molecule has 3 atom stereocenters. The number of carbonyl (C=O) groups excluding carboxylic acids is 2. The fraction of sp³-hybridized carbons (Fsp3) is 0.636. The van der Waals surface area contributed by atoms with Gasteiger partial charge in [-0.3, -0.25) is 9.69 Å². The van der Waals surface area contributed by atoms with Crippen LogP contribution in [0.5, 0.6) is 0 Å². The molecule has 0 saturated heterocycles. The summed E-state index contributed by atoms with van der Waals surface area (Å²) in [6, 6.07) is -0.363. The third kappa shape index (κ3) is 2.39. The molecule has 94 valence electrons. The zero-order valence-electron chi connectivity index (χ0n) is 9.43. The summed E-state index contributed by atoms with van der Waals surface area (Å²) >= 11 is 5.67. The van der Waals surface area contributed by atoms with Gasteiger partial charge in [0.2, 0.25) is 5.91 Å². The SMILES string of the molecule is NC(=O)C1CCCC2C=CN(CCl)C(=O)NC21. The van der Waals surface area contributed by atoms with Crippen LogP contribution in [0.25, 0.3) is 0 Å². The topological polar surface area (TPSA) is 75.4 Å². The predicted octanol–water partition coefficient (Wildman–Crippen LogP) is 0.992.